The van der Waals surface area contributed by atoms with E-state index in [9.17, 15) is 13.2 Å². The molecule has 21 heavy (non-hydrogen) atoms. The summed E-state index contributed by atoms with van der Waals surface area (Å²) in [5.74, 6) is -0.536. The Kier molecular flexibility index (Phi) is 6.89. The van der Waals surface area contributed by atoms with Crippen LogP contribution < -0.4 is 5.32 Å². The number of methoxy groups -OCH3 is 1. The third kappa shape index (κ3) is 5.80. The first-order valence-electron chi connectivity index (χ1n) is 5.93. The summed E-state index contributed by atoms with van der Waals surface area (Å²) in [6, 6.07) is 4.78. The number of ether oxygens (including phenoxy) is 1. The number of rotatable bonds is 7. The van der Waals surface area contributed by atoms with E-state index in [1.807, 2.05) is 0 Å². The second-order valence-corrected chi connectivity index (χ2v) is 7.03. The maximum Gasteiger partial charge on any atom is 0.239 e. The summed E-state index contributed by atoms with van der Waals surface area (Å²) in [4.78, 5) is 12.0. The number of anilines is 1. The molecule has 0 atom stereocenters. The molecule has 0 heterocycles. The SMILES string of the molecule is COCCN(CC(=O)Nc1c(Cl)cccc1Cl)S(C)(=O)=O. The molecule has 1 rings (SSSR count). The van der Waals surface area contributed by atoms with Crippen LogP contribution in [0.5, 0.6) is 0 Å². The number of amides is 1. The van der Waals surface area contributed by atoms with Crippen molar-refractivity contribution in [2.24, 2.45) is 0 Å². The molecule has 0 unspecified atom stereocenters. The number of benzene rings is 1. The number of carbonyl (C=O) groups is 1. The van der Waals surface area contributed by atoms with Gasteiger partial charge >= 0.3 is 0 Å². The van der Waals surface area contributed by atoms with Crippen LogP contribution in [0.1, 0.15) is 0 Å². The molecule has 0 saturated carbocycles. The van der Waals surface area contributed by atoms with Gasteiger partial charge in [-0.3, -0.25) is 4.79 Å². The first kappa shape index (κ1) is 18.2. The van der Waals surface area contributed by atoms with E-state index in [-0.39, 0.29) is 35.4 Å². The highest BCUT2D eigenvalue weighted by Gasteiger charge is 2.20. The first-order valence-corrected chi connectivity index (χ1v) is 8.54. The van der Waals surface area contributed by atoms with E-state index >= 15 is 0 Å². The van der Waals surface area contributed by atoms with E-state index in [1.54, 1.807) is 18.2 Å². The lowest BCUT2D eigenvalue weighted by atomic mass is 10.3. The van der Waals surface area contributed by atoms with Gasteiger partial charge in [0, 0.05) is 13.7 Å². The second kappa shape index (κ2) is 7.95. The van der Waals surface area contributed by atoms with Crippen molar-refractivity contribution >= 4 is 44.8 Å². The van der Waals surface area contributed by atoms with Crippen molar-refractivity contribution in [3.63, 3.8) is 0 Å². The molecule has 0 aliphatic carbocycles. The van der Waals surface area contributed by atoms with Gasteiger partial charge in [-0.2, -0.15) is 4.31 Å². The second-order valence-electron chi connectivity index (χ2n) is 4.23. The average Bonchev–Trinajstić information content (AvgIpc) is 2.37. The van der Waals surface area contributed by atoms with E-state index in [4.69, 9.17) is 27.9 Å². The molecule has 0 radical (unpaired) electrons. The van der Waals surface area contributed by atoms with Gasteiger partial charge in [-0.1, -0.05) is 29.3 Å². The van der Waals surface area contributed by atoms with Crippen LogP contribution in [0.4, 0.5) is 5.69 Å². The van der Waals surface area contributed by atoms with Crippen molar-refractivity contribution in [2.75, 3.05) is 38.4 Å². The summed E-state index contributed by atoms with van der Waals surface area (Å²) in [6.07, 6.45) is 1.03. The average molecular weight is 355 g/mol. The predicted octanol–water partition coefficient (Wildman–Crippen LogP) is 1.84. The van der Waals surface area contributed by atoms with Crippen molar-refractivity contribution in [3.8, 4) is 0 Å². The molecule has 0 saturated heterocycles. The fourth-order valence-electron chi connectivity index (χ4n) is 1.51. The van der Waals surface area contributed by atoms with E-state index in [0.29, 0.717) is 0 Å². The molecule has 1 N–H and O–H groups in total. The van der Waals surface area contributed by atoms with Crippen LogP contribution in [0, 0.1) is 0 Å². The Labute approximate surface area is 134 Å². The van der Waals surface area contributed by atoms with Crippen molar-refractivity contribution in [1.82, 2.24) is 4.31 Å². The molecule has 1 aromatic rings. The number of para-hydroxylation sites is 1. The van der Waals surface area contributed by atoms with Gasteiger partial charge in [0.1, 0.15) is 0 Å². The molecule has 118 valence electrons. The first-order chi connectivity index (χ1) is 9.75. The number of sulfonamides is 1. The van der Waals surface area contributed by atoms with Gasteiger partial charge in [-0.15, -0.1) is 0 Å². The van der Waals surface area contributed by atoms with Gasteiger partial charge < -0.3 is 10.1 Å². The van der Waals surface area contributed by atoms with Gasteiger partial charge in [-0.05, 0) is 12.1 Å². The maximum absolute atomic E-state index is 12.0. The molecule has 9 heteroatoms. The van der Waals surface area contributed by atoms with Gasteiger partial charge in [0.15, 0.2) is 0 Å². The standard InChI is InChI=1S/C12H16Cl2N2O4S/c1-20-7-6-16(21(2,18)19)8-11(17)15-12-9(13)4-3-5-10(12)14/h3-5H,6-8H2,1-2H3,(H,15,17). The van der Waals surface area contributed by atoms with Crippen LogP contribution in [0.25, 0.3) is 0 Å². The minimum Gasteiger partial charge on any atom is -0.383 e. The van der Waals surface area contributed by atoms with Gasteiger partial charge in [0.25, 0.3) is 0 Å². The lowest BCUT2D eigenvalue weighted by molar-refractivity contribution is -0.116. The van der Waals surface area contributed by atoms with Crippen LogP contribution in [-0.2, 0) is 19.6 Å². The summed E-state index contributed by atoms with van der Waals surface area (Å²) in [5, 5.41) is 3.06. The Bertz CT molecular complexity index is 587. The number of carbonyl (C=O) groups excluding carboxylic acids is 1. The Balaban J connectivity index is 2.79. The zero-order valence-corrected chi connectivity index (χ0v) is 13.9. The Morgan fingerprint density at radius 1 is 1.33 bits per heavy atom. The molecule has 0 aliphatic heterocycles. The molecule has 0 aliphatic rings. The summed E-state index contributed by atoms with van der Waals surface area (Å²) >= 11 is 11.9. The minimum atomic E-state index is -3.52. The van der Waals surface area contributed by atoms with E-state index < -0.39 is 15.9 Å². The molecule has 0 bridgehead atoms. The maximum atomic E-state index is 12.0. The number of nitrogens with zero attached hydrogens (tertiary/aromatic N) is 1. The molecule has 0 spiro atoms. The van der Waals surface area contributed by atoms with Crippen LogP contribution >= 0.6 is 23.2 Å². The Morgan fingerprint density at radius 3 is 2.38 bits per heavy atom. The lowest BCUT2D eigenvalue weighted by Gasteiger charge is -2.19. The zero-order chi connectivity index (χ0) is 16.0. The smallest absolute Gasteiger partial charge is 0.239 e. The number of hydrogen-bond acceptors (Lipinski definition) is 4. The summed E-state index contributed by atoms with van der Waals surface area (Å²) in [6.45, 7) is -0.0735. The summed E-state index contributed by atoms with van der Waals surface area (Å²) in [5.41, 5.74) is 0.256. The van der Waals surface area contributed by atoms with Gasteiger partial charge in [0.2, 0.25) is 15.9 Å². The largest absolute Gasteiger partial charge is 0.383 e. The van der Waals surface area contributed by atoms with Crippen molar-refractivity contribution in [2.45, 2.75) is 0 Å². The van der Waals surface area contributed by atoms with Crippen LogP contribution in [-0.4, -0.2) is 51.7 Å². The Hall–Kier alpha value is -0.860. The van der Waals surface area contributed by atoms with Crippen LogP contribution in [0.3, 0.4) is 0 Å². The monoisotopic (exact) mass is 354 g/mol. The van der Waals surface area contributed by atoms with Crippen molar-refractivity contribution in [1.29, 1.82) is 0 Å². The molecular weight excluding hydrogens is 339 g/mol. The van der Waals surface area contributed by atoms with E-state index in [1.165, 1.54) is 7.11 Å². The van der Waals surface area contributed by atoms with E-state index in [2.05, 4.69) is 5.32 Å². The quantitative estimate of drug-likeness (QED) is 0.810. The highest BCUT2D eigenvalue weighted by Crippen LogP contribution is 2.29. The topological polar surface area (TPSA) is 75.7 Å². The zero-order valence-electron chi connectivity index (χ0n) is 11.6. The van der Waals surface area contributed by atoms with Crippen LogP contribution in [0.15, 0.2) is 18.2 Å². The number of hydrogen-bond donors (Lipinski definition) is 1. The molecule has 6 nitrogen and oxygen atoms in total. The molecule has 0 fully saturated rings. The normalized spacial score (nSPS) is 11.7. The summed E-state index contributed by atoms with van der Waals surface area (Å²) < 4.78 is 29.0. The van der Waals surface area contributed by atoms with Crippen molar-refractivity contribution in [3.05, 3.63) is 28.2 Å². The van der Waals surface area contributed by atoms with Crippen molar-refractivity contribution < 1.29 is 17.9 Å². The fraction of sp³-hybridized carbons (Fsp3) is 0.417. The summed E-state index contributed by atoms with van der Waals surface area (Å²) in [7, 11) is -2.07. The van der Waals surface area contributed by atoms with Gasteiger partial charge in [0.05, 0.1) is 35.1 Å². The highest BCUT2D eigenvalue weighted by molar-refractivity contribution is 7.88. The molecular formula is C12H16Cl2N2O4S. The highest BCUT2D eigenvalue weighted by atomic mass is 35.5. The minimum absolute atomic E-state index is 0.0823. The number of nitrogens with one attached hydrogen (secondary N) is 1. The lowest BCUT2D eigenvalue weighted by Crippen LogP contribution is -2.39. The third-order valence-corrected chi connectivity index (χ3v) is 4.44. The van der Waals surface area contributed by atoms with E-state index in [0.717, 1.165) is 10.6 Å². The molecule has 1 amide bonds. The van der Waals surface area contributed by atoms with Gasteiger partial charge in [-0.25, -0.2) is 8.42 Å². The fourth-order valence-corrected chi connectivity index (χ4v) is 2.76. The molecule has 0 aromatic heterocycles. The molecule has 1 aromatic carbocycles. The third-order valence-electron chi connectivity index (χ3n) is 2.56. The number of halogens is 2. The predicted molar refractivity (Wildman–Crippen MR) is 83.4 cm³/mol. The Morgan fingerprint density at radius 2 is 1.90 bits per heavy atom. The van der Waals surface area contributed by atoms with Crippen LogP contribution in [0.2, 0.25) is 10.0 Å².